The van der Waals surface area contributed by atoms with Gasteiger partial charge < -0.3 is 14.5 Å². The molecule has 0 fully saturated rings. The minimum absolute atomic E-state index is 0.307. The van der Waals surface area contributed by atoms with Gasteiger partial charge in [-0.25, -0.2) is 4.57 Å². The van der Waals surface area contributed by atoms with Gasteiger partial charge in [-0.05, 0) is 31.7 Å². The van der Waals surface area contributed by atoms with E-state index in [1.807, 2.05) is 18.2 Å². The molecule has 0 aliphatic rings. The Kier molecular flexibility index (Phi) is 5.37. The molecule has 0 saturated heterocycles. The molecule has 6 heteroatoms. The van der Waals surface area contributed by atoms with Crippen molar-refractivity contribution in [2.75, 3.05) is 7.05 Å². The maximum atomic E-state index is 12.4. The third kappa shape index (κ3) is 3.96. The van der Waals surface area contributed by atoms with Crippen molar-refractivity contribution in [2.45, 2.75) is 19.1 Å². The van der Waals surface area contributed by atoms with Gasteiger partial charge in [-0.3, -0.25) is 0 Å². The standard InChI is InChI=1S/C16H20NO4P/c1-13(16(18)14-9-5-3-6-10-14)17(2)22(19,20)21-15-11-7-4-8-12-15/h3-13,16,18H,1-2H3,(H,19,20). The number of rotatable bonds is 6. The van der Waals surface area contributed by atoms with Crippen molar-refractivity contribution < 1.29 is 19.1 Å². The SMILES string of the molecule is CC(C(O)c1ccccc1)N(C)P(=O)(O)Oc1ccccc1. The lowest BCUT2D eigenvalue weighted by atomic mass is 10.0. The molecule has 0 radical (unpaired) electrons. The molecule has 0 amide bonds. The number of nitrogens with zero attached hydrogens (tertiary/aromatic N) is 1. The molecule has 0 heterocycles. The van der Waals surface area contributed by atoms with Gasteiger partial charge in [0.25, 0.3) is 0 Å². The summed E-state index contributed by atoms with van der Waals surface area (Å²) < 4.78 is 18.8. The second-order valence-electron chi connectivity index (χ2n) is 5.06. The molecule has 2 aromatic carbocycles. The fraction of sp³-hybridized carbons (Fsp3) is 0.250. The Hall–Kier alpha value is -1.65. The lowest BCUT2D eigenvalue weighted by molar-refractivity contribution is 0.0957. The van der Waals surface area contributed by atoms with E-state index in [4.69, 9.17) is 4.52 Å². The molecule has 0 bridgehead atoms. The van der Waals surface area contributed by atoms with Crippen molar-refractivity contribution >= 4 is 7.75 Å². The molecule has 0 aliphatic carbocycles. The Morgan fingerprint density at radius 2 is 1.55 bits per heavy atom. The van der Waals surface area contributed by atoms with Gasteiger partial charge in [0.2, 0.25) is 0 Å². The maximum Gasteiger partial charge on any atom is 0.458 e. The fourth-order valence-corrected chi connectivity index (χ4v) is 3.16. The second-order valence-corrected chi connectivity index (χ2v) is 6.86. The second kappa shape index (κ2) is 7.07. The van der Waals surface area contributed by atoms with Crippen LogP contribution >= 0.6 is 7.75 Å². The summed E-state index contributed by atoms with van der Waals surface area (Å²) in [5.74, 6) is 0.307. The highest BCUT2D eigenvalue weighted by molar-refractivity contribution is 7.50. The van der Waals surface area contributed by atoms with E-state index in [1.54, 1.807) is 49.4 Å². The number of likely N-dealkylation sites (N-methyl/N-ethyl adjacent to an activating group) is 1. The monoisotopic (exact) mass is 321 g/mol. The average Bonchev–Trinajstić information content (AvgIpc) is 2.54. The quantitative estimate of drug-likeness (QED) is 0.800. The molecule has 0 saturated carbocycles. The minimum Gasteiger partial charge on any atom is -0.413 e. The van der Waals surface area contributed by atoms with Crippen LogP contribution in [0.4, 0.5) is 0 Å². The van der Waals surface area contributed by atoms with E-state index in [9.17, 15) is 14.6 Å². The van der Waals surface area contributed by atoms with Crippen LogP contribution in [0.1, 0.15) is 18.6 Å². The summed E-state index contributed by atoms with van der Waals surface area (Å²) in [7, 11) is -2.60. The van der Waals surface area contributed by atoms with Crippen LogP contribution < -0.4 is 4.52 Å². The summed E-state index contributed by atoms with van der Waals surface area (Å²) >= 11 is 0. The first-order valence-corrected chi connectivity index (χ1v) is 8.48. The highest BCUT2D eigenvalue weighted by Crippen LogP contribution is 2.48. The zero-order valence-corrected chi connectivity index (χ0v) is 13.4. The summed E-state index contributed by atoms with van der Waals surface area (Å²) in [5, 5.41) is 10.4. The minimum atomic E-state index is -4.06. The number of hydrogen-bond donors (Lipinski definition) is 2. The highest BCUT2D eigenvalue weighted by Gasteiger charge is 2.35. The van der Waals surface area contributed by atoms with Crippen LogP contribution in [-0.2, 0) is 4.57 Å². The molecule has 22 heavy (non-hydrogen) atoms. The van der Waals surface area contributed by atoms with Gasteiger partial charge in [0.15, 0.2) is 0 Å². The van der Waals surface area contributed by atoms with Crippen LogP contribution in [0, 0.1) is 0 Å². The first kappa shape index (κ1) is 16.7. The van der Waals surface area contributed by atoms with E-state index in [0.717, 1.165) is 4.67 Å². The van der Waals surface area contributed by atoms with E-state index in [-0.39, 0.29) is 0 Å². The normalized spacial score (nSPS) is 16.8. The Morgan fingerprint density at radius 1 is 1.05 bits per heavy atom. The molecule has 5 nitrogen and oxygen atoms in total. The molecular formula is C16H20NO4P. The molecule has 3 atom stereocenters. The number of hydrogen-bond acceptors (Lipinski definition) is 3. The smallest absolute Gasteiger partial charge is 0.413 e. The number of benzene rings is 2. The van der Waals surface area contributed by atoms with Crippen LogP contribution in [0.15, 0.2) is 60.7 Å². The highest BCUT2D eigenvalue weighted by atomic mass is 31.2. The van der Waals surface area contributed by atoms with Crippen molar-refractivity contribution in [2.24, 2.45) is 0 Å². The topological polar surface area (TPSA) is 70.0 Å². The number of aliphatic hydroxyl groups excluding tert-OH is 1. The zero-order valence-electron chi connectivity index (χ0n) is 12.5. The lowest BCUT2D eigenvalue weighted by Crippen LogP contribution is -2.33. The van der Waals surface area contributed by atoms with Gasteiger partial charge >= 0.3 is 7.75 Å². The van der Waals surface area contributed by atoms with Crippen LogP contribution in [0.2, 0.25) is 0 Å². The van der Waals surface area contributed by atoms with E-state index in [0.29, 0.717) is 11.3 Å². The Balaban J connectivity index is 2.12. The number of aliphatic hydroxyl groups is 1. The average molecular weight is 321 g/mol. The van der Waals surface area contributed by atoms with Crippen molar-refractivity contribution in [3.8, 4) is 5.75 Å². The van der Waals surface area contributed by atoms with Gasteiger partial charge in [0, 0.05) is 6.04 Å². The van der Waals surface area contributed by atoms with Gasteiger partial charge in [-0.2, -0.15) is 4.67 Å². The molecule has 2 aromatic rings. The number of para-hydroxylation sites is 1. The predicted molar refractivity (Wildman–Crippen MR) is 85.5 cm³/mol. The predicted octanol–water partition coefficient (Wildman–Crippen LogP) is 3.22. The Labute approximate surface area is 130 Å². The van der Waals surface area contributed by atoms with Gasteiger partial charge in [0.05, 0.1) is 6.10 Å². The fourth-order valence-electron chi connectivity index (χ4n) is 2.05. The lowest BCUT2D eigenvalue weighted by Gasteiger charge is -2.31. The largest absolute Gasteiger partial charge is 0.458 e. The third-order valence-corrected chi connectivity index (χ3v) is 5.16. The van der Waals surface area contributed by atoms with Gasteiger partial charge in [-0.1, -0.05) is 48.5 Å². The Morgan fingerprint density at radius 3 is 2.09 bits per heavy atom. The molecular weight excluding hydrogens is 301 g/mol. The molecule has 118 valence electrons. The molecule has 3 unspecified atom stereocenters. The van der Waals surface area contributed by atoms with Gasteiger partial charge in [0.1, 0.15) is 5.75 Å². The first-order valence-electron chi connectivity index (χ1n) is 6.95. The Bertz CT molecular complexity index is 635. The van der Waals surface area contributed by atoms with Crippen molar-refractivity contribution in [3.63, 3.8) is 0 Å². The molecule has 0 spiro atoms. The molecule has 2 N–H and O–H groups in total. The van der Waals surface area contributed by atoms with Crippen molar-refractivity contribution in [1.82, 2.24) is 4.67 Å². The molecule has 2 rings (SSSR count). The zero-order chi connectivity index (χ0) is 16.2. The summed E-state index contributed by atoms with van der Waals surface area (Å²) in [6, 6.07) is 16.9. The summed E-state index contributed by atoms with van der Waals surface area (Å²) in [6.07, 6.45) is -0.897. The first-order chi connectivity index (χ1) is 10.4. The molecule has 0 aliphatic heterocycles. The van der Waals surface area contributed by atoms with E-state index in [2.05, 4.69) is 0 Å². The maximum absolute atomic E-state index is 12.4. The van der Waals surface area contributed by atoms with Gasteiger partial charge in [-0.15, -0.1) is 0 Å². The van der Waals surface area contributed by atoms with Crippen molar-refractivity contribution in [3.05, 3.63) is 66.2 Å². The van der Waals surface area contributed by atoms with E-state index >= 15 is 0 Å². The van der Waals surface area contributed by atoms with Crippen LogP contribution in [0.3, 0.4) is 0 Å². The summed E-state index contributed by atoms with van der Waals surface area (Å²) in [4.78, 5) is 10.2. The van der Waals surface area contributed by atoms with Crippen LogP contribution in [0.5, 0.6) is 5.75 Å². The summed E-state index contributed by atoms with van der Waals surface area (Å²) in [6.45, 7) is 1.68. The van der Waals surface area contributed by atoms with Crippen LogP contribution in [0.25, 0.3) is 0 Å². The third-order valence-electron chi connectivity index (χ3n) is 3.55. The summed E-state index contributed by atoms with van der Waals surface area (Å²) in [5.41, 5.74) is 0.682. The van der Waals surface area contributed by atoms with E-state index in [1.165, 1.54) is 7.05 Å². The van der Waals surface area contributed by atoms with Crippen molar-refractivity contribution in [1.29, 1.82) is 0 Å². The molecule has 0 aromatic heterocycles. The van der Waals surface area contributed by atoms with E-state index < -0.39 is 19.9 Å². The van der Waals surface area contributed by atoms with Crippen LogP contribution in [-0.4, -0.2) is 27.8 Å².